The van der Waals surface area contributed by atoms with Crippen LogP contribution in [0.4, 0.5) is 10.1 Å². The Morgan fingerprint density at radius 1 is 1.38 bits per heavy atom. The molecule has 3 nitrogen and oxygen atoms in total. The quantitative estimate of drug-likeness (QED) is 0.834. The Morgan fingerprint density at radius 3 is 2.71 bits per heavy atom. The lowest BCUT2D eigenvalue weighted by Gasteiger charge is -2.32. The Kier molecular flexibility index (Phi) is 5.59. The number of benzene rings is 1. The van der Waals surface area contributed by atoms with E-state index in [1.54, 1.807) is 19.1 Å². The Bertz CT molecular complexity index is 470. The minimum Gasteiger partial charge on any atom is -0.464 e. The van der Waals surface area contributed by atoms with Crippen molar-refractivity contribution in [3.05, 3.63) is 30.1 Å². The first-order chi connectivity index (χ1) is 10.1. The molecule has 1 aromatic rings. The van der Waals surface area contributed by atoms with E-state index in [9.17, 15) is 9.18 Å². The minimum absolute atomic E-state index is 0.235. The largest absolute Gasteiger partial charge is 0.464 e. The van der Waals surface area contributed by atoms with E-state index in [1.807, 2.05) is 0 Å². The van der Waals surface area contributed by atoms with Crippen molar-refractivity contribution < 1.29 is 13.9 Å². The van der Waals surface area contributed by atoms with Gasteiger partial charge < -0.3 is 10.1 Å². The summed E-state index contributed by atoms with van der Waals surface area (Å²) in [5.41, 5.74) is 0.631. The molecule has 1 atom stereocenters. The van der Waals surface area contributed by atoms with Gasteiger partial charge in [0.15, 0.2) is 0 Å². The van der Waals surface area contributed by atoms with Crippen molar-refractivity contribution in [3.8, 4) is 0 Å². The maximum Gasteiger partial charge on any atom is 0.328 e. The summed E-state index contributed by atoms with van der Waals surface area (Å²) in [5, 5.41) is 3.17. The second-order valence-electron chi connectivity index (χ2n) is 5.90. The third kappa shape index (κ3) is 4.45. The summed E-state index contributed by atoms with van der Waals surface area (Å²) in [7, 11) is 0. The molecule has 0 radical (unpaired) electrons. The molecule has 1 aliphatic carbocycles. The van der Waals surface area contributed by atoms with E-state index >= 15 is 0 Å². The maximum atomic E-state index is 13.3. The van der Waals surface area contributed by atoms with Crippen LogP contribution in [-0.2, 0) is 9.53 Å². The van der Waals surface area contributed by atoms with Gasteiger partial charge in [0, 0.05) is 5.69 Å². The number of anilines is 1. The zero-order valence-corrected chi connectivity index (χ0v) is 12.8. The van der Waals surface area contributed by atoms with Crippen molar-refractivity contribution >= 4 is 11.7 Å². The lowest BCUT2D eigenvalue weighted by atomic mass is 9.79. The molecule has 0 spiro atoms. The summed E-state index contributed by atoms with van der Waals surface area (Å²) in [6.45, 7) is 4.42. The topological polar surface area (TPSA) is 38.3 Å². The molecular formula is C17H24FNO2. The number of nitrogens with one attached hydrogen (secondary N) is 1. The van der Waals surface area contributed by atoms with Crippen molar-refractivity contribution in [3.63, 3.8) is 0 Å². The number of halogens is 1. The van der Waals surface area contributed by atoms with Crippen LogP contribution in [0.2, 0.25) is 0 Å². The van der Waals surface area contributed by atoms with Crippen LogP contribution in [0.3, 0.4) is 0 Å². The van der Waals surface area contributed by atoms with Crippen LogP contribution in [0, 0.1) is 17.7 Å². The fraction of sp³-hybridized carbons (Fsp3) is 0.588. The van der Waals surface area contributed by atoms with Crippen LogP contribution in [0.5, 0.6) is 0 Å². The van der Waals surface area contributed by atoms with Crippen LogP contribution in [0.1, 0.15) is 39.5 Å². The average Bonchev–Trinajstić information content (AvgIpc) is 2.46. The van der Waals surface area contributed by atoms with E-state index in [4.69, 9.17) is 4.74 Å². The van der Waals surface area contributed by atoms with Crippen molar-refractivity contribution in [1.82, 2.24) is 0 Å². The van der Waals surface area contributed by atoms with Crippen LogP contribution in [0.15, 0.2) is 24.3 Å². The summed E-state index contributed by atoms with van der Waals surface area (Å²) < 4.78 is 18.5. The molecule has 0 heterocycles. The molecule has 21 heavy (non-hydrogen) atoms. The van der Waals surface area contributed by atoms with Gasteiger partial charge in [0.05, 0.1) is 6.61 Å². The third-order valence-electron chi connectivity index (χ3n) is 4.22. The first-order valence-electron chi connectivity index (χ1n) is 7.79. The van der Waals surface area contributed by atoms with E-state index in [0.29, 0.717) is 12.3 Å². The first kappa shape index (κ1) is 15.8. The van der Waals surface area contributed by atoms with Crippen molar-refractivity contribution in [2.45, 2.75) is 45.6 Å². The van der Waals surface area contributed by atoms with Gasteiger partial charge >= 0.3 is 5.97 Å². The van der Waals surface area contributed by atoms with Gasteiger partial charge in [-0.15, -0.1) is 0 Å². The summed E-state index contributed by atoms with van der Waals surface area (Å²) in [6.07, 6.45) is 4.27. The predicted molar refractivity (Wildman–Crippen MR) is 81.6 cm³/mol. The van der Waals surface area contributed by atoms with Crippen LogP contribution < -0.4 is 5.32 Å². The summed E-state index contributed by atoms with van der Waals surface area (Å²) in [5.74, 6) is 0.433. The molecular weight excluding hydrogens is 269 g/mol. The fourth-order valence-electron chi connectivity index (χ4n) is 2.98. The van der Waals surface area contributed by atoms with Gasteiger partial charge in [0.2, 0.25) is 0 Å². The molecule has 1 saturated carbocycles. The molecule has 0 saturated heterocycles. The number of hydrogen-bond donors (Lipinski definition) is 1. The smallest absolute Gasteiger partial charge is 0.328 e. The van der Waals surface area contributed by atoms with E-state index in [1.165, 1.54) is 12.1 Å². The summed E-state index contributed by atoms with van der Waals surface area (Å²) in [6, 6.07) is 5.84. The van der Waals surface area contributed by atoms with Gasteiger partial charge in [-0.25, -0.2) is 9.18 Å². The molecule has 2 rings (SSSR count). The number of esters is 1. The SMILES string of the molecule is CCOC(=O)C(Nc1cccc(F)c1)C1CCC(C)CC1. The highest BCUT2D eigenvalue weighted by atomic mass is 19.1. The second-order valence-corrected chi connectivity index (χ2v) is 5.90. The first-order valence-corrected chi connectivity index (χ1v) is 7.79. The van der Waals surface area contributed by atoms with E-state index in [2.05, 4.69) is 12.2 Å². The highest BCUT2D eigenvalue weighted by molar-refractivity contribution is 5.79. The van der Waals surface area contributed by atoms with Crippen molar-refractivity contribution in [2.24, 2.45) is 11.8 Å². The molecule has 0 aliphatic heterocycles. The maximum absolute atomic E-state index is 13.3. The molecule has 1 unspecified atom stereocenters. The Labute approximate surface area is 125 Å². The van der Waals surface area contributed by atoms with Gasteiger partial charge in [-0.3, -0.25) is 0 Å². The monoisotopic (exact) mass is 293 g/mol. The zero-order valence-electron chi connectivity index (χ0n) is 12.8. The normalized spacial score (nSPS) is 23.4. The third-order valence-corrected chi connectivity index (χ3v) is 4.22. The molecule has 1 aliphatic rings. The molecule has 0 aromatic heterocycles. The lowest BCUT2D eigenvalue weighted by Crippen LogP contribution is -2.40. The van der Waals surface area contributed by atoms with Crippen molar-refractivity contribution in [2.75, 3.05) is 11.9 Å². The Balaban J connectivity index is 2.10. The Morgan fingerprint density at radius 2 is 2.10 bits per heavy atom. The summed E-state index contributed by atoms with van der Waals surface area (Å²) in [4.78, 5) is 12.2. The Hall–Kier alpha value is -1.58. The summed E-state index contributed by atoms with van der Waals surface area (Å²) >= 11 is 0. The molecule has 0 bridgehead atoms. The molecule has 1 fully saturated rings. The van der Waals surface area contributed by atoms with Gasteiger partial charge in [-0.05, 0) is 49.8 Å². The molecule has 4 heteroatoms. The van der Waals surface area contributed by atoms with Gasteiger partial charge in [0.1, 0.15) is 11.9 Å². The van der Waals surface area contributed by atoms with Crippen LogP contribution >= 0.6 is 0 Å². The van der Waals surface area contributed by atoms with E-state index in [-0.39, 0.29) is 23.7 Å². The predicted octanol–water partition coefficient (Wildman–Crippen LogP) is 4.00. The van der Waals surface area contributed by atoms with Crippen molar-refractivity contribution in [1.29, 1.82) is 0 Å². The van der Waals surface area contributed by atoms with Gasteiger partial charge in [-0.1, -0.05) is 25.8 Å². The second kappa shape index (κ2) is 7.43. The molecule has 0 amide bonds. The average molecular weight is 293 g/mol. The fourth-order valence-corrected chi connectivity index (χ4v) is 2.98. The highest BCUT2D eigenvalue weighted by Gasteiger charge is 2.32. The highest BCUT2D eigenvalue weighted by Crippen LogP contribution is 2.32. The number of carbonyl (C=O) groups excluding carboxylic acids is 1. The molecule has 1 N–H and O–H groups in total. The van der Waals surface area contributed by atoms with Gasteiger partial charge in [0.25, 0.3) is 0 Å². The van der Waals surface area contributed by atoms with E-state index < -0.39 is 0 Å². The lowest BCUT2D eigenvalue weighted by molar-refractivity contribution is -0.145. The van der Waals surface area contributed by atoms with Gasteiger partial charge in [-0.2, -0.15) is 0 Å². The number of hydrogen-bond acceptors (Lipinski definition) is 3. The standard InChI is InChI=1S/C17H24FNO2/c1-3-21-17(20)16(13-9-7-12(2)8-10-13)19-15-6-4-5-14(18)11-15/h4-6,11-13,16,19H,3,7-10H2,1-2H3. The van der Waals surface area contributed by atoms with Crippen LogP contribution in [0.25, 0.3) is 0 Å². The number of carbonyl (C=O) groups is 1. The molecule has 1 aromatic carbocycles. The number of rotatable bonds is 5. The van der Waals surface area contributed by atoms with Crippen LogP contribution in [-0.4, -0.2) is 18.6 Å². The van der Waals surface area contributed by atoms with E-state index in [0.717, 1.165) is 31.6 Å². The zero-order chi connectivity index (χ0) is 15.2. The minimum atomic E-state index is -0.390. The molecule has 116 valence electrons. The number of ether oxygens (including phenoxy) is 1.